The third kappa shape index (κ3) is 6.92. The van der Waals surface area contributed by atoms with Gasteiger partial charge in [-0.15, -0.1) is 0 Å². The van der Waals surface area contributed by atoms with E-state index < -0.39 is 5.91 Å². The number of carbonyl (C=O) groups excluding carboxylic acids is 1. The van der Waals surface area contributed by atoms with E-state index in [0.29, 0.717) is 18.2 Å². The monoisotopic (exact) mass is 362 g/mol. The molecular formula is C19H30N4O3. The molecule has 1 saturated heterocycles. The Morgan fingerprint density at radius 3 is 2.81 bits per heavy atom. The molecule has 0 spiro atoms. The molecule has 1 atom stereocenters. The first-order valence-corrected chi connectivity index (χ1v) is 9.15. The summed E-state index contributed by atoms with van der Waals surface area (Å²) < 4.78 is 10.7. The van der Waals surface area contributed by atoms with E-state index in [-0.39, 0.29) is 6.61 Å². The van der Waals surface area contributed by atoms with Crippen molar-refractivity contribution in [3.63, 3.8) is 0 Å². The molecule has 0 radical (unpaired) electrons. The second-order valence-corrected chi connectivity index (χ2v) is 6.49. The molecule has 0 aliphatic carbocycles. The molecule has 1 aromatic rings. The molecule has 0 bridgehead atoms. The predicted octanol–water partition coefficient (Wildman–Crippen LogP) is 1.03. The van der Waals surface area contributed by atoms with Gasteiger partial charge in [-0.05, 0) is 37.5 Å². The van der Waals surface area contributed by atoms with Crippen LogP contribution in [0.5, 0.6) is 5.75 Å². The lowest BCUT2D eigenvalue weighted by atomic mass is 10.1. The fourth-order valence-electron chi connectivity index (χ4n) is 2.87. The van der Waals surface area contributed by atoms with Gasteiger partial charge in [-0.2, -0.15) is 0 Å². The van der Waals surface area contributed by atoms with Crippen molar-refractivity contribution >= 4 is 11.9 Å². The fourth-order valence-corrected chi connectivity index (χ4v) is 2.87. The Hall–Kier alpha value is -2.28. The van der Waals surface area contributed by atoms with E-state index >= 15 is 0 Å². The molecule has 1 fully saturated rings. The zero-order valence-electron chi connectivity index (χ0n) is 15.7. The van der Waals surface area contributed by atoms with Crippen LogP contribution in [0.2, 0.25) is 0 Å². The number of hydrogen-bond acceptors (Lipinski definition) is 4. The summed E-state index contributed by atoms with van der Waals surface area (Å²) in [6.45, 7) is 6.18. The Labute approximate surface area is 155 Å². The molecule has 1 aromatic carbocycles. The van der Waals surface area contributed by atoms with Crippen LogP contribution in [0.1, 0.15) is 18.9 Å². The number of nitrogens with one attached hydrogen (secondary N) is 1. The number of amides is 1. The van der Waals surface area contributed by atoms with Crippen LogP contribution in [0.4, 0.5) is 0 Å². The minimum absolute atomic E-state index is 0.103. The molecule has 0 saturated carbocycles. The van der Waals surface area contributed by atoms with Crippen molar-refractivity contribution in [3.8, 4) is 5.75 Å². The number of ether oxygens (including phenoxy) is 2. The van der Waals surface area contributed by atoms with Crippen LogP contribution in [0, 0.1) is 5.92 Å². The van der Waals surface area contributed by atoms with Crippen LogP contribution in [-0.2, 0) is 16.0 Å². The molecular weight excluding hydrogens is 332 g/mol. The second-order valence-electron chi connectivity index (χ2n) is 6.49. The maximum atomic E-state index is 10.7. The highest BCUT2D eigenvalue weighted by Gasteiger charge is 2.18. The highest BCUT2D eigenvalue weighted by Crippen LogP contribution is 2.14. The average Bonchev–Trinajstić information content (AvgIpc) is 3.13. The number of aliphatic imine (C=N–C) groups is 1. The molecule has 7 nitrogen and oxygen atoms in total. The molecule has 3 N–H and O–H groups in total. The number of primary amides is 1. The lowest BCUT2D eigenvalue weighted by Gasteiger charge is -2.24. The van der Waals surface area contributed by atoms with Gasteiger partial charge in [-0.3, -0.25) is 9.79 Å². The maximum Gasteiger partial charge on any atom is 0.255 e. The number of nitrogens with two attached hydrogens (primary N) is 1. The topological polar surface area (TPSA) is 89.2 Å². The van der Waals surface area contributed by atoms with Crippen LogP contribution in [0.15, 0.2) is 29.3 Å². The molecule has 26 heavy (non-hydrogen) atoms. The van der Waals surface area contributed by atoms with Crippen LogP contribution >= 0.6 is 0 Å². The SMILES string of the molecule is CCNC(=NCCc1ccc(OCC(N)=O)cc1)N(C)CC1CCOC1. The highest BCUT2D eigenvalue weighted by molar-refractivity contribution is 5.79. The molecule has 1 aliphatic heterocycles. The summed E-state index contributed by atoms with van der Waals surface area (Å²) in [5.41, 5.74) is 6.24. The van der Waals surface area contributed by atoms with Gasteiger partial charge in [-0.1, -0.05) is 12.1 Å². The Balaban J connectivity index is 1.83. The molecule has 0 aromatic heterocycles. The van der Waals surface area contributed by atoms with Crippen molar-refractivity contribution in [2.24, 2.45) is 16.6 Å². The third-order valence-corrected chi connectivity index (χ3v) is 4.22. The van der Waals surface area contributed by atoms with Crippen molar-refractivity contribution in [1.29, 1.82) is 0 Å². The first kappa shape index (κ1) is 20.0. The summed E-state index contributed by atoms with van der Waals surface area (Å²) >= 11 is 0. The van der Waals surface area contributed by atoms with Crippen LogP contribution in [-0.4, -0.2) is 63.3 Å². The molecule has 7 heteroatoms. The van der Waals surface area contributed by atoms with Gasteiger partial charge in [0.2, 0.25) is 0 Å². The number of hydrogen-bond donors (Lipinski definition) is 2. The lowest BCUT2D eigenvalue weighted by Crippen LogP contribution is -2.41. The zero-order valence-corrected chi connectivity index (χ0v) is 15.7. The number of nitrogens with zero attached hydrogens (tertiary/aromatic N) is 2. The van der Waals surface area contributed by atoms with E-state index in [0.717, 1.165) is 45.1 Å². The third-order valence-electron chi connectivity index (χ3n) is 4.22. The van der Waals surface area contributed by atoms with Crippen LogP contribution in [0.25, 0.3) is 0 Å². The Morgan fingerprint density at radius 2 is 2.19 bits per heavy atom. The van der Waals surface area contributed by atoms with Gasteiger partial charge in [0.05, 0.1) is 6.61 Å². The first-order chi connectivity index (χ1) is 12.6. The summed E-state index contributed by atoms with van der Waals surface area (Å²) in [5.74, 6) is 1.67. The first-order valence-electron chi connectivity index (χ1n) is 9.15. The molecule has 2 rings (SSSR count). The summed E-state index contributed by atoms with van der Waals surface area (Å²) in [5, 5.41) is 3.35. The van der Waals surface area contributed by atoms with Gasteiger partial charge < -0.3 is 25.4 Å². The summed E-state index contributed by atoms with van der Waals surface area (Å²) in [4.78, 5) is 17.6. The second kappa shape index (κ2) is 10.7. The van der Waals surface area contributed by atoms with Gasteiger partial charge >= 0.3 is 0 Å². The zero-order chi connectivity index (χ0) is 18.8. The van der Waals surface area contributed by atoms with E-state index in [1.54, 1.807) is 0 Å². The smallest absolute Gasteiger partial charge is 0.255 e. The van der Waals surface area contributed by atoms with E-state index in [2.05, 4.69) is 24.2 Å². The van der Waals surface area contributed by atoms with Crippen molar-refractivity contribution < 1.29 is 14.3 Å². The summed E-state index contributed by atoms with van der Waals surface area (Å²) in [6.07, 6.45) is 1.96. The molecule has 1 heterocycles. The number of carbonyl (C=O) groups is 1. The van der Waals surface area contributed by atoms with Crippen LogP contribution in [0.3, 0.4) is 0 Å². The average molecular weight is 362 g/mol. The number of benzene rings is 1. The standard InChI is InChI=1S/C19H30N4O3/c1-3-21-19(23(2)12-16-9-11-25-13-16)22-10-8-15-4-6-17(7-5-15)26-14-18(20)24/h4-7,16H,3,8-14H2,1-2H3,(H2,20,24)(H,21,22). The molecule has 1 amide bonds. The van der Waals surface area contributed by atoms with Gasteiger partial charge in [0, 0.05) is 39.2 Å². The lowest BCUT2D eigenvalue weighted by molar-refractivity contribution is -0.119. The highest BCUT2D eigenvalue weighted by atomic mass is 16.5. The van der Waals surface area contributed by atoms with Gasteiger partial charge in [-0.25, -0.2) is 0 Å². The summed E-state index contributed by atoms with van der Waals surface area (Å²) in [6, 6.07) is 7.66. The normalized spacial score (nSPS) is 17.2. The molecule has 1 aliphatic rings. The van der Waals surface area contributed by atoms with Crippen molar-refractivity contribution in [2.75, 3.05) is 46.5 Å². The fraction of sp³-hybridized carbons (Fsp3) is 0.579. The van der Waals surface area contributed by atoms with E-state index in [9.17, 15) is 4.79 Å². The van der Waals surface area contributed by atoms with Crippen molar-refractivity contribution in [2.45, 2.75) is 19.8 Å². The maximum absolute atomic E-state index is 10.7. The summed E-state index contributed by atoms with van der Waals surface area (Å²) in [7, 11) is 2.07. The van der Waals surface area contributed by atoms with E-state index in [1.807, 2.05) is 24.3 Å². The Bertz CT molecular complexity index is 583. The van der Waals surface area contributed by atoms with Crippen LogP contribution < -0.4 is 15.8 Å². The van der Waals surface area contributed by atoms with Crippen molar-refractivity contribution in [1.82, 2.24) is 10.2 Å². The van der Waals surface area contributed by atoms with Crippen molar-refractivity contribution in [3.05, 3.63) is 29.8 Å². The van der Waals surface area contributed by atoms with E-state index in [1.165, 1.54) is 5.56 Å². The van der Waals surface area contributed by atoms with Gasteiger partial charge in [0.25, 0.3) is 5.91 Å². The quantitative estimate of drug-likeness (QED) is 0.506. The Morgan fingerprint density at radius 1 is 1.42 bits per heavy atom. The van der Waals surface area contributed by atoms with Gasteiger partial charge in [0.15, 0.2) is 12.6 Å². The minimum Gasteiger partial charge on any atom is -0.484 e. The van der Waals surface area contributed by atoms with Gasteiger partial charge in [0.1, 0.15) is 5.75 Å². The largest absolute Gasteiger partial charge is 0.484 e. The number of rotatable bonds is 9. The van der Waals surface area contributed by atoms with E-state index in [4.69, 9.17) is 20.2 Å². The number of guanidine groups is 1. The minimum atomic E-state index is -0.479. The Kier molecular flexibility index (Phi) is 8.21. The predicted molar refractivity (Wildman–Crippen MR) is 102 cm³/mol. The molecule has 1 unspecified atom stereocenters. The molecule has 144 valence electrons.